The first-order valence-electron chi connectivity index (χ1n) is 6.51. The second-order valence-corrected chi connectivity index (χ2v) is 5.06. The van der Waals surface area contributed by atoms with Gasteiger partial charge in [-0.25, -0.2) is 9.97 Å². The van der Waals surface area contributed by atoms with Gasteiger partial charge in [0.15, 0.2) is 5.82 Å². The van der Waals surface area contributed by atoms with Crippen molar-refractivity contribution >= 4 is 24.0 Å². The van der Waals surface area contributed by atoms with E-state index in [9.17, 15) is 0 Å². The van der Waals surface area contributed by atoms with Crippen molar-refractivity contribution in [2.45, 2.75) is 26.9 Å². The number of ether oxygens (including phenoxy) is 1. The van der Waals surface area contributed by atoms with E-state index in [0.29, 0.717) is 19.0 Å². The lowest BCUT2D eigenvalue weighted by molar-refractivity contribution is 0.295. The first-order chi connectivity index (χ1) is 9.58. The number of nitrogens with zero attached hydrogens (tertiary/aromatic N) is 2. The topological polar surface area (TPSA) is 61.0 Å². The summed E-state index contributed by atoms with van der Waals surface area (Å²) in [5, 5.41) is 0.731. The second kappa shape index (κ2) is 8.17. The highest BCUT2D eigenvalue weighted by atomic mass is 35.5. The minimum absolute atomic E-state index is 0. The third-order valence-corrected chi connectivity index (χ3v) is 3.28. The number of nitrogens with two attached hydrogens (primary N) is 1. The van der Waals surface area contributed by atoms with Crippen molar-refractivity contribution in [2.75, 3.05) is 6.54 Å². The lowest BCUT2D eigenvalue weighted by atomic mass is 10.2. The lowest BCUT2D eigenvalue weighted by Gasteiger charge is -2.08. The zero-order valence-electron chi connectivity index (χ0n) is 12.1. The Morgan fingerprint density at radius 2 is 1.95 bits per heavy atom. The Labute approximate surface area is 136 Å². The van der Waals surface area contributed by atoms with Gasteiger partial charge in [-0.2, -0.15) is 0 Å². The number of halogens is 2. The molecule has 0 fully saturated rings. The molecule has 4 nitrogen and oxygen atoms in total. The first-order valence-corrected chi connectivity index (χ1v) is 6.88. The summed E-state index contributed by atoms with van der Waals surface area (Å²) in [6, 6.07) is 7.51. The molecule has 114 valence electrons. The number of benzene rings is 1. The van der Waals surface area contributed by atoms with Gasteiger partial charge in [-0.15, -0.1) is 12.4 Å². The summed E-state index contributed by atoms with van der Waals surface area (Å²) < 4.78 is 5.70. The molecule has 0 aliphatic carbocycles. The van der Waals surface area contributed by atoms with Gasteiger partial charge in [0.2, 0.25) is 0 Å². The van der Waals surface area contributed by atoms with Gasteiger partial charge >= 0.3 is 0 Å². The van der Waals surface area contributed by atoms with E-state index >= 15 is 0 Å². The van der Waals surface area contributed by atoms with E-state index in [4.69, 9.17) is 22.1 Å². The highest BCUT2D eigenvalue weighted by Crippen LogP contribution is 2.21. The number of aryl methyl sites for hydroxylation is 2. The van der Waals surface area contributed by atoms with Crippen molar-refractivity contribution in [3.8, 4) is 5.75 Å². The van der Waals surface area contributed by atoms with E-state index in [1.807, 2.05) is 38.1 Å². The van der Waals surface area contributed by atoms with Crippen molar-refractivity contribution in [3.63, 3.8) is 0 Å². The fourth-order valence-corrected chi connectivity index (χ4v) is 2.01. The van der Waals surface area contributed by atoms with Crippen LogP contribution in [0, 0.1) is 13.8 Å². The second-order valence-electron chi connectivity index (χ2n) is 4.66. The van der Waals surface area contributed by atoms with Gasteiger partial charge < -0.3 is 10.5 Å². The van der Waals surface area contributed by atoms with Gasteiger partial charge in [0.1, 0.15) is 12.4 Å². The van der Waals surface area contributed by atoms with E-state index < -0.39 is 0 Å². The molecule has 0 saturated heterocycles. The molecule has 0 spiro atoms. The van der Waals surface area contributed by atoms with Crippen LogP contribution in [0.15, 0.2) is 24.3 Å². The summed E-state index contributed by atoms with van der Waals surface area (Å²) in [5.41, 5.74) is 8.41. The smallest absolute Gasteiger partial charge is 0.166 e. The van der Waals surface area contributed by atoms with E-state index in [1.165, 1.54) is 0 Å². The van der Waals surface area contributed by atoms with Crippen LogP contribution in [0.2, 0.25) is 5.02 Å². The molecule has 0 atom stereocenters. The van der Waals surface area contributed by atoms with Crippen molar-refractivity contribution in [2.24, 2.45) is 5.73 Å². The summed E-state index contributed by atoms with van der Waals surface area (Å²) in [5.74, 6) is 1.43. The zero-order valence-corrected chi connectivity index (χ0v) is 13.7. The molecular formula is C15H19Cl2N3O. The molecule has 1 aromatic carbocycles. The molecule has 0 amide bonds. The number of hydrogen-bond donors (Lipinski definition) is 1. The fourth-order valence-electron chi connectivity index (χ4n) is 1.90. The van der Waals surface area contributed by atoms with E-state index in [-0.39, 0.29) is 12.4 Å². The first kappa shape index (κ1) is 17.7. The Balaban J connectivity index is 0.00000220. The molecular weight excluding hydrogens is 309 g/mol. The standard InChI is InChI=1S/C15H18ClN3O.ClH/c1-10-7-13(3-4-14(10)16)20-9-15-18-11(2)8-12(19-15)5-6-17;/h3-4,7-8H,5-6,9,17H2,1-2H3;1H. The van der Waals surface area contributed by atoms with E-state index in [0.717, 1.165) is 34.1 Å². The molecule has 0 saturated carbocycles. The van der Waals surface area contributed by atoms with Crippen LogP contribution in [0.4, 0.5) is 0 Å². The Hall–Kier alpha value is -1.36. The summed E-state index contributed by atoms with van der Waals surface area (Å²) in [6.45, 7) is 4.79. The molecule has 1 aromatic heterocycles. The monoisotopic (exact) mass is 327 g/mol. The molecule has 0 bridgehead atoms. The molecule has 6 heteroatoms. The number of aromatic nitrogens is 2. The third kappa shape index (κ3) is 5.16. The largest absolute Gasteiger partial charge is 0.486 e. The van der Waals surface area contributed by atoms with E-state index in [2.05, 4.69) is 9.97 Å². The predicted molar refractivity (Wildman–Crippen MR) is 87.3 cm³/mol. The average Bonchev–Trinajstić information content (AvgIpc) is 2.40. The van der Waals surface area contributed by atoms with Gasteiger partial charge in [-0.1, -0.05) is 11.6 Å². The maximum atomic E-state index is 5.98. The van der Waals surface area contributed by atoms with Crippen molar-refractivity contribution in [1.82, 2.24) is 9.97 Å². The van der Waals surface area contributed by atoms with Gasteiger partial charge in [-0.05, 0) is 50.2 Å². The van der Waals surface area contributed by atoms with Gasteiger partial charge in [0.05, 0.1) is 0 Å². The van der Waals surface area contributed by atoms with Crippen LogP contribution in [-0.4, -0.2) is 16.5 Å². The van der Waals surface area contributed by atoms with Crippen LogP contribution in [0.25, 0.3) is 0 Å². The Bertz CT molecular complexity index is 605. The maximum Gasteiger partial charge on any atom is 0.166 e. The van der Waals surface area contributed by atoms with Crippen LogP contribution in [0.5, 0.6) is 5.75 Å². The van der Waals surface area contributed by atoms with Crippen molar-refractivity contribution in [3.05, 3.63) is 52.1 Å². The molecule has 0 aliphatic heterocycles. The van der Waals surface area contributed by atoms with Crippen LogP contribution in [0.1, 0.15) is 22.8 Å². The Morgan fingerprint density at radius 1 is 1.19 bits per heavy atom. The van der Waals surface area contributed by atoms with Crippen LogP contribution in [-0.2, 0) is 13.0 Å². The van der Waals surface area contributed by atoms with Crippen molar-refractivity contribution in [1.29, 1.82) is 0 Å². The molecule has 2 N–H and O–H groups in total. The number of rotatable bonds is 5. The van der Waals surface area contributed by atoms with Gasteiger partial charge in [-0.3, -0.25) is 0 Å². The lowest BCUT2D eigenvalue weighted by Crippen LogP contribution is -2.09. The van der Waals surface area contributed by atoms with Crippen molar-refractivity contribution < 1.29 is 4.74 Å². The van der Waals surface area contributed by atoms with E-state index in [1.54, 1.807) is 0 Å². The zero-order chi connectivity index (χ0) is 14.5. The summed E-state index contributed by atoms with van der Waals surface area (Å²) in [7, 11) is 0. The van der Waals surface area contributed by atoms with Crippen LogP contribution >= 0.6 is 24.0 Å². The minimum Gasteiger partial charge on any atom is -0.486 e. The molecule has 0 unspecified atom stereocenters. The molecule has 21 heavy (non-hydrogen) atoms. The summed E-state index contributed by atoms with van der Waals surface area (Å²) >= 11 is 5.98. The predicted octanol–water partition coefficient (Wildman–Crippen LogP) is 3.25. The van der Waals surface area contributed by atoms with Gasteiger partial charge in [0.25, 0.3) is 0 Å². The Morgan fingerprint density at radius 3 is 2.62 bits per heavy atom. The normalized spacial score (nSPS) is 10.1. The molecule has 0 radical (unpaired) electrons. The fraction of sp³-hybridized carbons (Fsp3) is 0.333. The number of hydrogen-bond acceptors (Lipinski definition) is 4. The highest BCUT2D eigenvalue weighted by Gasteiger charge is 2.04. The third-order valence-electron chi connectivity index (χ3n) is 2.85. The summed E-state index contributed by atoms with van der Waals surface area (Å²) in [4.78, 5) is 8.80. The SMILES string of the molecule is Cc1cc(CCN)nc(COc2ccc(Cl)c(C)c2)n1.Cl. The quantitative estimate of drug-likeness (QED) is 0.915. The van der Waals surface area contributed by atoms with Crippen LogP contribution < -0.4 is 10.5 Å². The molecule has 0 aliphatic rings. The average molecular weight is 328 g/mol. The maximum absolute atomic E-state index is 5.98. The summed E-state index contributed by atoms with van der Waals surface area (Å²) in [6.07, 6.45) is 0.746. The highest BCUT2D eigenvalue weighted by molar-refractivity contribution is 6.31. The molecule has 1 heterocycles. The Kier molecular flexibility index (Phi) is 6.89. The molecule has 2 rings (SSSR count). The van der Waals surface area contributed by atoms with Crippen LogP contribution in [0.3, 0.4) is 0 Å². The van der Waals surface area contributed by atoms with Gasteiger partial charge in [0, 0.05) is 22.8 Å². The minimum atomic E-state index is 0. The molecule has 2 aromatic rings.